The van der Waals surface area contributed by atoms with Crippen molar-refractivity contribution in [3.05, 3.63) is 51.2 Å². The summed E-state index contributed by atoms with van der Waals surface area (Å²) in [5.41, 5.74) is 1.93. The molecule has 1 unspecified atom stereocenters. The first-order valence-corrected chi connectivity index (χ1v) is 10.3. The number of fused-ring (bicyclic) bond motifs is 1. The molecule has 1 aliphatic rings. The Kier molecular flexibility index (Phi) is 6.79. The maximum atomic E-state index is 13.0. The van der Waals surface area contributed by atoms with E-state index in [2.05, 4.69) is 10.3 Å². The quantitative estimate of drug-likeness (QED) is 0.587. The van der Waals surface area contributed by atoms with E-state index in [-0.39, 0.29) is 12.4 Å². The van der Waals surface area contributed by atoms with Crippen LogP contribution in [0.15, 0.2) is 29.3 Å². The van der Waals surface area contributed by atoms with Crippen LogP contribution in [-0.4, -0.2) is 41.1 Å². The number of benzene rings is 1. The zero-order chi connectivity index (χ0) is 19.2. The first-order valence-electron chi connectivity index (χ1n) is 9.47. The van der Waals surface area contributed by atoms with Crippen LogP contribution in [-0.2, 0) is 19.4 Å². The molecule has 0 saturated heterocycles. The van der Waals surface area contributed by atoms with Gasteiger partial charge < -0.3 is 15.3 Å². The third-order valence-electron chi connectivity index (χ3n) is 4.63. The van der Waals surface area contributed by atoms with Gasteiger partial charge in [0.25, 0.3) is 0 Å². The van der Waals surface area contributed by atoms with Crippen molar-refractivity contribution < 1.29 is 9.50 Å². The second-order valence-corrected chi connectivity index (χ2v) is 7.97. The van der Waals surface area contributed by atoms with Gasteiger partial charge >= 0.3 is 0 Å². The Labute approximate surface area is 164 Å². The van der Waals surface area contributed by atoms with E-state index in [0.29, 0.717) is 12.1 Å². The van der Waals surface area contributed by atoms with Gasteiger partial charge in [0.2, 0.25) is 0 Å². The van der Waals surface area contributed by atoms with E-state index in [9.17, 15) is 9.50 Å². The van der Waals surface area contributed by atoms with Crippen molar-refractivity contribution in [1.82, 2.24) is 15.2 Å². The van der Waals surface area contributed by atoms with Crippen molar-refractivity contribution in [1.29, 1.82) is 0 Å². The fourth-order valence-corrected chi connectivity index (χ4v) is 4.39. The average Bonchev–Trinajstić information content (AvgIpc) is 3.07. The van der Waals surface area contributed by atoms with Crippen LogP contribution in [0.25, 0.3) is 0 Å². The highest BCUT2D eigenvalue weighted by atomic mass is 32.1. The minimum atomic E-state index is -0.764. The maximum Gasteiger partial charge on any atom is 0.194 e. The summed E-state index contributed by atoms with van der Waals surface area (Å²) in [6.45, 7) is 3.66. The normalized spacial score (nSPS) is 15.3. The molecule has 0 radical (unpaired) electrons. The first-order chi connectivity index (χ1) is 13.1. The van der Waals surface area contributed by atoms with E-state index < -0.39 is 6.10 Å². The van der Waals surface area contributed by atoms with Gasteiger partial charge in [-0.25, -0.2) is 9.37 Å². The standard InChI is InChI=1S/C20H27FN4OS/c1-3-22-20(23-12-17(26)14-8-10-15(21)11-9-14)25(2)13-19-24-16-6-4-5-7-18(16)27-19/h8-11,17,26H,3-7,12-13H2,1-2H3,(H,22,23). The molecule has 1 aliphatic carbocycles. The van der Waals surface area contributed by atoms with Gasteiger partial charge in [-0.1, -0.05) is 12.1 Å². The molecule has 146 valence electrons. The van der Waals surface area contributed by atoms with Gasteiger partial charge in [-0.05, 0) is 50.3 Å². The highest BCUT2D eigenvalue weighted by molar-refractivity contribution is 7.11. The molecule has 1 aromatic heterocycles. The molecule has 1 aromatic carbocycles. The van der Waals surface area contributed by atoms with Crippen molar-refractivity contribution in [2.75, 3.05) is 20.1 Å². The Bertz CT molecular complexity index is 751. The molecule has 3 rings (SSSR count). The number of nitrogens with zero attached hydrogens (tertiary/aromatic N) is 3. The Morgan fingerprint density at radius 2 is 2.07 bits per heavy atom. The number of aliphatic imine (C=N–C) groups is 1. The molecule has 1 atom stereocenters. The molecule has 0 bridgehead atoms. The molecule has 2 N–H and O–H groups in total. The van der Waals surface area contributed by atoms with Crippen molar-refractivity contribution in [2.45, 2.75) is 45.3 Å². The van der Waals surface area contributed by atoms with E-state index >= 15 is 0 Å². The van der Waals surface area contributed by atoms with Crippen molar-refractivity contribution in [3.63, 3.8) is 0 Å². The van der Waals surface area contributed by atoms with E-state index in [1.165, 1.54) is 35.5 Å². The molecular weight excluding hydrogens is 363 g/mol. The summed E-state index contributed by atoms with van der Waals surface area (Å²) >= 11 is 1.80. The molecule has 0 aliphatic heterocycles. The Morgan fingerprint density at radius 3 is 2.78 bits per heavy atom. The van der Waals surface area contributed by atoms with Crippen LogP contribution in [0, 0.1) is 5.82 Å². The Balaban J connectivity index is 1.65. The summed E-state index contributed by atoms with van der Waals surface area (Å²) in [5.74, 6) is 0.417. The lowest BCUT2D eigenvalue weighted by molar-refractivity contribution is 0.186. The van der Waals surface area contributed by atoms with Crippen LogP contribution < -0.4 is 5.32 Å². The highest BCUT2D eigenvalue weighted by Gasteiger charge is 2.17. The number of aliphatic hydroxyl groups is 1. The van der Waals surface area contributed by atoms with E-state index in [1.807, 2.05) is 18.9 Å². The first kappa shape index (κ1) is 19.8. The molecule has 7 heteroatoms. The molecule has 2 aromatic rings. The third kappa shape index (κ3) is 5.26. The zero-order valence-corrected chi connectivity index (χ0v) is 16.7. The lowest BCUT2D eigenvalue weighted by atomic mass is 10.0. The number of hydrogen-bond acceptors (Lipinski definition) is 4. The summed E-state index contributed by atoms with van der Waals surface area (Å²) in [4.78, 5) is 12.8. The van der Waals surface area contributed by atoms with Crippen LogP contribution >= 0.6 is 11.3 Å². The molecule has 0 amide bonds. The molecule has 27 heavy (non-hydrogen) atoms. The molecule has 1 heterocycles. The van der Waals surface area contributed by atoms with Crippen LogP contribution in [0.4, 0.5) is 4.39 Å². The average molecular weight is 391 g/mol. The molecular formula is C20H27FN4OS. The van der Waals surface area contributed by atoms with Gasteiger partial charge in [-0.2, -0.15) is 0 Å². The number of aromatic nitrogens is 1. The minimum Gasteiger partial charge on any atom is -0.386 e. The summed E-state index contributed by atoms with van der Waals surface area (Å²) in [6, 6.07) is 5.88. The van der Waals surface area contributed by atoms with Gasteiger partial charge in [0, 0.05) is 18.5 Å². The van der Waals surface area contributed by atoms with Gasteiger partial charge in [0.1, 0.15) is 10.8 Å². The number of thiazole rings is 1. The summed E-state index contributed by atoms with van der Waals surface area (Å²) in [5, 5.41) is 14.7. The predicted octanol–water partition coefficient (Wildman–Crippen LogP) is 3.29. The van der Waals surface area contributed by atoms with Gasteiger partial charge in [0.15, 0.2) is 5.96 Å². The third-order valence-corrected chi connectivity index (χ3v) is 5.77. The van der Waals surface area contributed by atoms with Crippen molar-refractivity contribution >= 4 is 17.3 Å². The fourth-order valence-electron chi connectivity index (χ4n) is 3.18. The number of hydrogen-bond donors (Lipinski definition) is 2. The largest absolute Gasteiger partial charge is 0.386 e. The molecule has 0 fully saturated rings. The second kappa shape index (κ2) is 9.28. The van der Waals surface area contributed by atoms with Crippen LogP contribution in [0.5, 0.6) is 0 Å². The monoisotopic (exact) mass is 390 g/mol. The summed E-state index contributed by atoms with van der Waals surface area (Å²) in [7, 11) is 1.98. The molecule has 0 saturated carbocycles. The lowest BCUT2D eigenvalue weighted by Gasteiger charge is -2.21. The van der Waals surface area contributed by atoms with Crippen LogP contribution in [0.3, 0.4) is 0 Å². The number of halogens is 1. The highest BCUT2D eigenvalue weighted by Crippen LogP contribution is 2.27. The Morgan fingerprint density at radius 1 is 1.33 bits per heavy atom. The maximum absolute atomic E-state index is 13.0. The molecule has 5 nitrogen and oxygen atoms in total. The van der Waals surface area contributed by atoms with Gasteiger partial charge in [-0.3, -0.25) is 4.99 Å². The summed E-state index contributed by atoms with van der Waals surface area (Å²) in [6.07, 6.45) is 3.97. The Hall–Kier alpha value is -1.99. The minimum absolute atomic E-state index is 0.215. The van der Waals surface area contributed by atoms with E-state index in [4.69, 9.17) is 4.98 Å². The molecule has 0 spiro atoms. The zero-order valence-electron chi connectivity index (χ0n) is 15.9. The van der Waals surface area contributed by atoms with Gasteiger partial charge in [0.05, 0.1) is 24.9 Å². The second-order valence-electron chi connectivity index (χ2n) is 6.80. The lowest BCUT2D eigenvalue weighted by Crippen LogP contribution is -2.38. The fraction of sp³-hybridized carbons (Fsp3) is 0.500. The van der Waals surface area contributed by atoms with E-state index in [1.54, 1.807) is 23.5 Å². The number of rotatable bonds is 6. The summed E-state index contributed by atoms with van der Waals surface area (Å²) < 4.78 is 13.0. The van der Waals surface area contributed by atoms with E-state index in [0.717, 1.165) is 30.4 Å². The smallest absolute Gasteiger partial charge is 0.194 e. The number of aryl methyl sites for hydroxylation is 2. The topological polar surface area (TPSA) is 60.8 Å². The predicted molar refractivity (Wildman–Crippen MR) is 108 cm³/mol. The number of guanidine groups is 1. The number of nitrogens with one attached hydrogen (secondary N) is 1. The number of aliphatic hydroxyl groups excluding tert-OH is 1. The van der Waals surface area contributed by atoms with Crippen molar-refractivity contribution in [2.24, 2.45) is 4.99 Å². The van der Waals surface area contributed by atoms with Crippen LogP contribution in [0.2, 0.25) is 0 Å². The van der Waals surface area contributed by atoms with Crippen molar-refractivity contribution in [3.8, 4) is 0 Å². The van der Waals surface area contributed by atoms with Gasteiger partial charge in [-0.15, -0.1) is 11.3 Å². The van der Waals surface area contributed by atoms with Crippen LogP contribution in [0.1, 0.15) is 47.0 Å². The SMILES string of the molecule is CCNC(=NCC(O)c1ccc(F)cc1)N(C)Cc1nc2c(s1)CCCC2.